The Morgan fingerprint density at radius 1 is 0.968 bits per heavy atom. The summed E-state index contributed by atoms with van der Waals surface area (Å²) in [6.45, 7) is 5.22. The average Bonchev–Trinajstić information content (AvgIpc) is 3.22. The van der Waals surface area contributed by atoms with Gasteiger partial charge in [0, 0.05) is 32.0 Å². The van der Waals surface area contributed by atoms with Crippen molar-refractivity contribution in [3.63, 3.8) is 0 Å². The number of likely N-dealkylation sites (N-methyl/N-ethyl adjacent to an activating group) is 1. The third-order valence-electron chi connectivity index (χ3n) is 5.01. The molecule has 0 spiro atoms. The first-order chi connectivity index (χ1) is 14.6. The van der Waals surface area contributed by atoms with Crippen molar-refractivity contribution in [2.75, 3.05) is 25.1 Å². The van der Waals surface area contributed by atoms with Crippen molar-refractivity contribution in [3.05, 3.63) is 0 Å². The molecule has 1 heterocycles. The number of nitrogens with zero attached hydrogens (tertiary/aromatic N) is 1. The topological polar surface area (TPSA) is 137 Å². The van der Waals surface area contributed by atoms with Gasteiger partial charge in [0.05, 0.1) is 0 Å². The molecule has 0 radical (unpaired) electrons. The second-order valence-electron chi connectivity index (χ2n) is 7.71. The van der Waals surface area contributed by atoms with E-state index >= 15 is 0 Å². The van der Waals surface area contributed by atoms with Gasteiger partial charge in [-0.2, -0.15) is 25.3 Å². The highest BCUT2D eigenvalue weighted by Crippen LogP contribution is 2.19. The van der Waals surface area contributed by atoms with Crippen LogP contribution in [0.1, 0.15) is 33.6 Å². The molecule has 10 nitrogen and oxygen atoms in total. The zero-order valence-electron chi connectivity index (χ0n) is 18.3. The number of carbonyl (C=O) groups is 5. The van der Waals surface area contributed by atoms with Crippen LogP contribution in [0.25, 0.3) is 0 Å². The molecule has 0 aliphatic carbocycles. The van der Waals surface area contributed by atoms with E-state index in [-0.39, 0.29) is 35.1 Å². The Bertz CT molecular complexity index is 691. The van der Waals surface area contributed by atoms with E-state index in [1.54, 1.807) is 13.8 Å². The van der Waals surface area contributed by atoms with Crippen LogP contribution in [0.15, 0.2) is 0 Å². The standard InChI is InChI=1S/C19H33N5O5S2/c1-10(2)15(18(28)22-12(8-30)16(26)20-4)23-17(27)14-6-5-7-24(14)19(29)13(9-31)21-11(3)25/h10,12-15,30-31H,5-9H2,1-4H3,(H,20,26)(H,21,25)(H,22,28)(H,23,27)/t12-,13-,14-,15+/m0/s1. The summed E-state index contributed by atoms with van der Waals surface area (Å²) in [5, 5.41) is 10.3. The Labute approximate surface area is 193 Å². The zero-order chi connectivity index (χ0) is 23.7. The third-order valence-corrected chi connectivity index (χ3v) is 5.74. The Kier molecular flexibility index (Phi) is 11.2. The van der Waals surface area contributed by atoms with E-state index in [0.29, 0.717) is 19.4 Å². The van der Waals surface area contributed by atoms with Crippen LogP contribution in [0.3, 0.4) is 0 Å². The number of carbonyl (C=O) groups excluding carboxylic acids is 5. The smallest absolute Gasteiger partial charge is 0.246 e. The lowest BCUT2D eigenvalue weighted by Gasteiger charge is -2.30. The molecule has 0 unspecified atom stereocenters. The second-order valence-corrected chi connectivity index (χ2v) is 8.44. The summed E-state index contributed by atoms with van der Waals surface area (Å²) in [6.07, 6.45) is 1.07. The maximum atomic E-state index is 13.0. The Morgan fingerprint density at radius 2 is 1.58 bits per heavy atom. The molecule has 31 heavy (non-hydrogen) atoms. The molecule has 0 bridgehead atoms. The lowest BCUT2D eigenvalue weighted by molar-refractivity contribution is -0.141. The maximum absolute atomic E-state index is 13.0. The van der Waals surface area contributed by atoms with Crippen molar-refractivity contribution < 1.29 is 24.0 Å². The monoisotopic (exact) mass is 475 g/mol. The van der Waals surface area contributed by atoms with Crippen LogP contribution in [0.5, 0.6) is 0 Å². The Hall–Kier alpha value is -1.95. The van der Waals surface area contributed by atoms with Crippen molar-refractivity contribution >= 4 is 54.8 Å². The first kappa shape index (κ1) is 27.1. The highest BCUT2D eigenvalue weighted by atomic mass is 32.1. The van der Waals surface area contributed by atoms with Crippen LogP contribution in [0, 0.1) is 5.92 Å². The van der Waals surface area contributed by atoms with Crippen molar-refractivity contribution in [1.82, 2.24) is 26.2 Å². The van der Waals surface area contributed by atoms with Crippen LogP contribution < -0.4 is 21.3 Å². The van der Waals surface area contributed by atoms with Gasteiger partial charge in [-0.25, -0.2) is 0 Å². The molecular weight excluding hydrogens is 442 g/mol. The highest BCUT2D eigenvalue weighted by molar-refractivity contribution is 7.80. The predicted molar refractivity (Wildman–Crippen MR) is 123 cm³/mol. The Balaban J connectivity index is 2.90. The van der Waals surface area contributed by atoms with Gasteiger partial charge in [0.25, 0.3) is 0 Å². The molecule has 5 amide bonds. The molecule has 0 aromatic rings. The number of amides is 5. The SMILES string of the molecule is CNC(=O)[C@H](CS)NC(=O)[C@H](NC(=O)[C@@H]1CCCN1C(=O)[C@H](CS)NC(C)=O)C(C)C. The zero-order valence-corrected chi connectivity index (χ0v) is 20.1. The van der Waals surface area contributed by atoms with Gasteiger partial charge < -0.3 is 26.2 Å². The van der Waals surface area contributed by atoms with E-state index in [9.17, 15) is 24.0 Å². The predicted octanol–water partition coefficient (Wildman–Crippen LogP) is -1.29. The van der Waals surface area contributed by atoms with E-state index in [1.807, 2.05) is 0 Å². The van der Waals surface area contributed by atoms with Crippen molar-refractivity contribution in [2.45, 2.75) is 57.8 Å². The summed E-state index contributed by atoms with van der Waals surface area (Å²) in [6, 6.07) is -3.31. The van der Waals surface area contributed by atoms with E-state index < -0.39 is 36.0 Å². The quantitative estimate of drug-likeness (QED) is 0.219. The summed E-state index contributed by atoms with van der Waals surface area (Å²) in [5.41, 5.74) is 0. The molecule has 1 aliphatic heterocycles. The van der Waals surface area contributed by atoms with E-state index in [0.717, 1.165) is 0 Å². The van der Waals surface area contributed by atoms with E-state index in [2.05, 4.69) is 46.5 Å². The van der Waals surface area contributed by atoms with E-state index in [4.69, 9.17) is 0 Å². The number of thiol groups is 2. The summed E-state index contributed by atoms with van der Waals surface area (Å²) in [5.74, 6) is -2.16. The average molecular weight is 476 g/mol. The molecule has 0 saturated carbocycles. The number of hydrogen-bond acceptors (Lipinski definition) is 7. The Morgan fingerprint density at radius 3 is 2.06 bits per heavy atom. The van der Waals surface area contributed by atoms with E-state index in [1.165, 1.54) is 18.9 Å². The molecule has 4 atom stereocenters. The van der Waals surface area contributed by atoms with Gasteiger partial charge in [0.15, 0.2) is 0 Å². The molecular formula is C19H33N5O5S2. The highest BCUT2D eigenvalue weighted by Gasteiger charge is 2.39. The van der Waals surface area contributed by atoms with Crippen LogP contribution in [0.2, 0.25) is 0 Å². The van der Waals surface area contributed by atoms with Gasteiger partial charge in [-0.1, -0.05) is 13.8 Å². The fourth-order valence-electron chi connectivity index (χ4n) is 3.35. The number of nitrogens with one attached hydrogen (secondary N) is 4. The molecule has 12 heteroatoms. The first-order valence-electron chi connectivity index (χ1n) is 10.2. The van der Waals surface area contributed by atoms with Crippen molar-refractivity contribution in [1.29, 1.82) is 0 Å². The molecule has 1 saturated heterocycles. The third kappa shape index (κ3) is 7.60. The van der Waals surface area contributed by atoms with Gasteiger partial charge in [-0.15, -0.1) is 0 Å². The molecule has 1 aliphatic rings. The van der Waals surface area contributed by atoms with Crippen LogP contribution in [-0.2, 0) is 24.0 Å². The molecule has 4 N–H and O–H groups in total. The first-order valence-corrected chi connectivity index (χ1v) is 11.4. The summed E-state index contributed by atoms with van der Waals surface area (Å²) in [4.78, 5) is 63.2. The second kappa shape index (κ2) is 12.8. The van der Waals surface area contributed by atoms with Gasteiger partial charge in [-0.05, 0) is 18.8 Å². The molecule has 0 aromatic carbocycles. The van der Waals surface area contributed by atoms with Gasteiger partial charge >= 0.3 is 0 Å². The molecule has 176 valence electrons. The molecule has 0 aromatic heterocycles. The van der Waals surface area contributed by atoms with Gasteiger partial charge in [0.2, 0.25) is 29.5 Å². The van der Waals surface area contributed by atoms with Crippen molar-refractivity contribution in [2.24, 2.45) is 5.92 Å². The minimum Gasteiger partial charge on any atom is -0.357 e. The largest absolute Gasteiger partial charge is 0.357 e. The van der Waals surface area contributed by atoms with Gasteiger partial charge in [0.1, 0.15) is 24.2 Å². The fourth-order valence-corrected chi connectivity index (χ4v) is 3.85. The van der Waals surface area contributed by atoms with Crippen LogP contribution >= 0.6 is 25.3 Å². The summed E-state index contributed by atoms with van der Waals surface area (Å²) >= 11 is 8.21. The van der Waals surface area contributed by atoms with Crippen LogP contribution in [-0.4, -0.2) is 83.7 Å². The fraction of sp³-hybridized carbons (Fsp3) is 0.737. The lowest BCUT2D eigenvalue weighted by atomic mass is 10.0. The number of hydrogen-bond donors (Lipinski definition) is 6. The lowest BCUT2D eigenvalue weighted by Crippen LogP contribution is -2.59. The number of likely N-dealkylation sites (tertiary alicyclic amines) is 1. The van der Waals surface area contributed by atoms with Gasteiger partial charge in [-0.3, -0.25) is 24.0 Å². The summed E-state index contributed by atoms with van der Waals surface area (Å²) in [7, 11) is 1.46. The summed E-state index contributed by atoms with van der Waals surface area (Å²) < 4.78 is 0. The normalized spacial score (nSPS) is 18.7. The minimum atomic E-state index is -0.895. The van der Waals surface area contributed by atoms with Crippen LogP contribution in [0.4, 0.5) is 0 Å². The van der Waals surface area contributed by atoms with Crippen molar-refractivity contribution in [3.8, 4) is 0 Å². The molecule has 1 fully saturated rings. The maximum Gasteiger partial charge on any atom is 0.246 e. The minimum absolute atomic E-state index is 0.101. The number of rotatable bonds is 10. The molecule has 1 rings (SSSR count).